The monoisotopic (exact) mass is 620 g/mol. The Morgan fingerprint density at radius 2 is 1.78 bits per heavy atom. The van der Waals surface area contributed by atoms with Crippen LogP contribution in [0.3, 0.4) is 0 Å². The predicted molar refractivity (Wildman–Crippen MR) is 148 cm³/mol. The second-order valence-corrected chi connectivity index (χ2v) is 11.8. The zero-order valence-corrected chi connectivity index (χ0v) is 24.1. The zero-order chi connectivity index (χ0) is 29.6. The minimum Gasteiger partial charge on any atom is -0.382 e. The average molecular weight is 621 g/mol. The molecule has 0 saturated carbocycles. The summed E-state index contributed by atoms with van der Waals surface area (Å²) in [4.78, 5) is 7.90. The molecule has 14 heteroatoms. The molecule has 1 unspecified atom stereocenters. The van der Waals surface area contributed by atoms with Gasteiger partial charge in [0.25, 0.3) is 0 Å². The van der Waals surface area contributed by atoms with Gasteiger partial charge in [0.15, 0.2) is 0 Å². The highest BCUT2D eigenvalue weighted by molar-refractivity contribution is 7.99. The fourth-order valence-electron chi connectivity index (χ4n) is 5.60. The van der Waals surface area contributed by atoms with Crippen LogP contribution >= 0.6 is 23.4 Å². The van der Waals surface area contributed by atoms with E-state index in [2.05, 4.69) is 10.3 Å². The van der Waals surface area contributed by atoms with Crippen molar-refractivity contribution in [1.29, 1.82) is 0 Å². The Morgan fingerprint density at radius 3 is 2.44 bits per heavy atom. The number of aliphatic imine (C=N–C) groups is 1. The number of hydrogen-bond donors (Lipinski definition) is 2. The molecule has 3 heterocycles. The van der Waals surface area contributed by atoms with Crippen molar-refractivity contribution in [2.75, 3.05) is 50.6 Å². The summed E-state index contributed by atoms with van der Waals surface area (Å²) in [6.45, 7) is 5.45. The lowest BCUT2D eigenvalue weighted by Crippen LogP contribution is -2.57. The van der Waals surface area contributed by atoms with E-state index in [0.29, 0.717) is 25.8 Å². The molecule has 0 aromatic heterocycles. The van der Waals surface area contributed by atoms with Gasteiger partial charge >= 0.3 is 6.18 Å². The molecule has 7 nitrogen and oxygen atoms in total. The number of nitrogens with one attached hydrogen (secondary N) is 1. The van der Waals surface area contributed by atoms with Crippen molar-refractivity contribution < 1.29 is 36.5 Å². The number of anilines is 1. The van der Waals surface area contributed by atoms with Crippen molar-refractivity contribution in [3.05, 3.63) is 46.0 Å². The summed E-state index contributed by atoms with van der Waals surface area (Å²) in [5.74, 6) is -1.86. The summed E-state index contributed by atoms with van der Waals surface area (Å²) < 4.78 is 84.7. The Kier molecular flexibility index (Phi) is 8.76. The molecule has 3 aliphatic rings. The lowest BCUT2D eigenvalue weighted by molar-refractivity contribution is -0.137. The lowest BCUT2D eigenvalue weighted by Gasteiger charge is -2.43. The van der Waals surface area contributed by atoms with E-state index in [9.17, 15) is 22.7 Å². The third-order valence-electron chi connectivity index (χ3n) is 7.20. The van der Waals surface area contributed by atoms with Crippen molar-refractivity contribution in [1.82, 2.24) is 10.2 Å². The number of halogens is 6. The van der Waals surface area contributed by atoms with E-state index >= 15 is 4.39 Å². The molecule has 5 rings (SSSR count). The summed E-state index contributed by atoms with van der Waals surface area (Å²) in [6, 6.07) is 2.33. The molecule has 41 heavy (non-hydrogen) atoms. The van der Waals surface area contributed by atoms with E-state index in [-0.39, 0.29) is 53.0 Å². The number of alkyl halides is 3. The number of hydrogen-bond acceptors (Lipinski definition) is 8. The van der Waals surface area contributed by atoms with Crippen LogP contribution in [0.4, 0.5) is 27.6 Å². The number of thioether (sulfide) groups is 1. The van der Waals surface area contributed by atoms with Gasteiger partial charge in [-0.3, -0.25) is 0 Å². The number of aliphatic hydroxyl groups is 1. The minimum atomic E-state index is -4.91. The number of benzene rings is 2. The van der Waals surface area contributed by atoms with Crippen LogP contribution in [0.25, 0.3) is 11.1 Å². The Balaban J connectivity index is 1.76. The Hall–Kier alpha value is -2.16. The molecule has 0 amide bonds. The fourth-order valence-corrected chi connectivity index (χ4v) is 7.04. The number of aliphatic hydroxyl groups excluding tert-OH is 1. The fraction of sp³-hybridized carbons (Fsp3) is 0.519. The minimum absolute atomic E-state index is 0.0139. The number of piperazine rings is 1. The van der Waals surface area contributed by atoms with Crippen LogP contribution in [-0.2, 0) is 15.7 Å². The van der Waals surface area contributed by atoms with E-state index < -0.39 is 52.0 Å². The van der Waals surface area contributed by atoms with Gasteiger partial charge in [-0.1, -0.05) is 11.6 Å². The molecule has 2 aromatic carbocycles. The lowest BCUT2D eigenvalue weighted by atomic mass is 9.92. The van der Waals surface area contributed by atoms with Crippen molar-refractivity contribution in [3.8, 4) is 11.1 Å². The van der Waals surface area contributed by atoms with Gasteiger partial charge in [0.1, 0.15) is 17.5 Å². The van der Waals surface area contributed by atoms with Crippen LogP contribution in [0.5, 0.6) is 0 Å². The normalized spacial score (nSPS) is 24.7. The third-order valence-corrected chi connectivity index (χ3v) is 8.71. The van der Waals surface area contributed by atoms with Gasteiger partial charge in [-0.2, -0.15) is 13.2 Å². The summed E-state index contributed by atoms with van der Waals surface area (Å²) >= 11 is 7.00. The molecule has 4 atom stereocenters. The molecule has 1 fully saturated rings. The standard InChI is InChI=1S/C27H30ClF5N4O3S/c1-13-9-36(10-14(2)34-13)25-17-6-18(27(31,32)33)22(16-7-19(28)21(30)8-20(16)29)24-23(17)37(26(38)35-25)11-15(12-41-24)40-5-4-39-3/h6-8,13-15,26,34,38H,4-5,9-12H2,1-3H3/t13-,14+,15-,26?/m0/s1. The number of amidine groups is 1. The summed E-state index contributed by atoms with van der Waals surface area (Å²) in [5, 5.41) is 14.2. The number of ether oxygens (including phenoxy) is 2. The van der Waals surface area contributed by atoms with Crippen LogP contribution in [0, 0.1) is 11.6 Å². The molecular formula is C27H30ClF5N4O3S. The van der Waals surface area contributed by atoms with Gasteiger partial charge in [0.2, 0.25) is 6.35 Å². The van der Waals surface area contributed by atoms with Crippen molar-refractivity contribution >= 4 is 34.9 Å². The highest BCUT2D eigenvalue weighted by Crippen LogP contribution is 2.52. The number of methoxy groups -OCH3 is 1. The summed E-state index contributed by atoms with van der Waals surface area (Å²) in [6.07, 6.45) is -6.87. The van der Waals surface area contributed by atoms with Crippen LogP contribution in [0.1, 0.15) is 25.0 Å². The molecule has 224 valence electrons. The molecule has 0 radical (unpaired) electrons. The summed E-state index contributed by atoms with van der Waals surface area (Å²) in [7, 11) is 1.52. The number of rotatable bonds is 5. The Morgan fingerprint density at radius 1 is 1.07 bits per heavy atom. The van der Waals surface area contributed by atoms with Crippen LogP contribution < -0.4 is 10.2 Å². The second kappa shape index (κ2) is 11.8. The van der Waals surface area contributed by atoms with Crippen LogP contribution in [0.2, 0.25) is 5.02 Å². The third kappa shape index (κ3) is 6.02. The molecule has 3 aliphatic heterocycles. The van der Waals surface area contributed by atoms with Gasteiger partial charge in [-0.05, 0) is 26.0 Å². The zero-order valence-electron chi connectivity index (χ0n) is 22.6. The van der Waals surface area contributed by atoms with Crippen molar-refractivity contribution in [3.63, 3.8) is 0 Å². The first-order valence-corrected chi connectivity index (χ1v) is 14.5. The van der Waals surface area contributed by atoms with E-state index in [1.807, 2.05) is 18.7 Å². The number of nitrogens with zero attached hydrogens (tertiary/aromatic N) is 3. The maximum atomic E-state index is 15.2. The molecule has 2 N–H and O–H groups in total. The predicted octanol–water partition coefficient (Wildman–Crippen LogP) is 4.97. The van der Waals surface area contributed by atoms with Gasteiger partial charge in [-0.15, -0.1) is 11.8 Å². The van der Waals surface area contributed by atoms with Crippen LogP contribution in [-0.4, -0.2) is 86.1 Å². The first-order chi connectivity index (χ1) is 19.4. The van der Waals surface area contributed by atoms with Crippen molar-refractivity contribution in [2.24, 2.45) is 4.99 Å². The van der Waals surface area contributed by atoms with E-state index in [4.69, 9.17) is 21.1 Å². The Bertz CT molecular complexity index is 1340. The van der Waals surface area contributed by atoms with E-state index in [1.54, 1.807) is 0 Å². The first-order valence-electron chi connectivity index (χ1n) is 13.1. The molecular weight excluding hydrogens is 591 g/mol. The highest BCUT2D eigenvalue weighted by Gasteiger charge is 2.44. The average Bonchev–Trinajstić information content (AvgIpc) is 3.08. The molecule has 1 saturated heterocycles. The largest absolute Gasteiger partial charge is 0.417 e. The smallest absolute Gasteiger partial charge is 0.382 e. The molecule has 0 spiro atoms. The second-order valence-electron chi connectivity index (χ2n) is 10.4. The SMILES string of the molecule is COCCO[C@@H]1CSc2c(-c3cc(Cl)c(F)cc3F)c(C(F)(F)F)cc3c2N(C1)C(O)N=C3N1C[C@@H](C)N[C@@H](C)C1. The molecule has 0 bridgehead atoms. The topological polar surface area (TPSA) is 69.6 Å². The van der Waals surface area contributed by atoms with Crippen LogP contribution in [0.15, 0.2) is 28.1 Å². The van der Waals surface area contributed by atoms with Gasteiger partial charge in [0.05, 0.1) is 35.6 Å². The highest BCUT2D eigenvalue weighted by atomic mass is 35.5. The van der Waals surface area contributed by atoms with Gasteiger partial charge in [0, 0.05) is 72.2 Å². The molecule has 0 aliphatic carbocycles. The van der Waals surface area contributed by atoms with E-state index in [1.165, 1.54) is 12.0 Å². The maximum absolute atomic E-state index is 15.2. The van der Waals surface area contributed by atoms with Gasteiger partial charge in [-0.25, -0.2) is 13.8 Å². The summed E-state index contributed by atoms with van der Waals surface area (Å²) in [5.41, 5.74) is -1.62. The molecule has 2 aromatic rings. The quantitative estimate of drug-likeness (QED) is 0.278. The first kappa shape index (κ1) is 30.3. The Labute approximate surface area is 243 Å². The van der Waals surface area contributed by atoms with E-state index in [0.717, 1.165) is 23.9 Å². The van der Waals surface area contributed by atoms with Crippen molar-refractivity contribution in [2.45, 2.75) is 49.5 Å². The maximum Gasteiger partial charge on any atom is 0.417 e. The van der Waals surface area contributed by atoms with Gasteiger partial charge < -0.3 is 29.7 Å².